The van der Waals surface area contributed by atoms with Crippen molar-refractivity contribution in [1.82, 2.24) is 5.32 Å². The van der Waals surface area contributed by atoms with Gasteiger partial charge in [-0.25, -0.2) is 0 Å². The zero-order valence-corrected chi connectivity index (χ0v) is 10.6. The van der Waals surface area contributed by atoms with Crippen LogP contribution in [-0.4, -0.2) is 56.7 Å². The number of nitrogens with one attached hydrogen (secondary N) is 1. The molecular weight excluding hydrogens is 267 g/mol. The van der Waals surface area contributed by atoms with Crippen molar-refractivity contribution >= 4 is 26.9 Å². The second-order valence-electron chi connectivity index (χ2n) is 2.65. The van der Waals surface area contributed by atoms with Crippen LogP contribution in [0.25, 0.3) is 0 Å². The fourth-order valence-corrected chi connectivity index (χ4v) is 1.55. The van der Waals surface area contributed by atoms with Crippen LogP contribution >= 0.6 is 0 Å². The number of hydrogen-bond donors (Lipinski definition) is 4. The molecule has 1 unspecified atom stereocenters. The van der Waals surface area contributed by atoms with Crippen molar-refractivity contribution in [3.8, 4) is 0 Å². The molecule has 7 heteroatoms. The van der Waals surface area contributed by atoms with Gasteiger partial charge in [0.05, 0.1) is 6.54 Å². The van der Waals surface area contributed by atoms with E-state index in [1.807, 2.05) is 0 Å². The summed E-state index contributed by atoms with van der Waals surface area (Å²) in [5.41, 5.74) is 5.21. The van der Waals surface area contributed by atoms with Crippen LogP contribution in [0.1, 0.15) is 6.42 Å². The van der Waals surface area contributed by atoms with Crippen LogP contribution < -0.4 is 11.1 Å². The normalized spacial score (nSPS) is 11.1. The van der Waals surface area contributed by atoms with E-state index in [9.17, 15) is 9.59 Å². The summed E-state index contributed by atoms with van der Waals surface area (Å²) in [6.45, 7) is 0.0417. The summed E-state index contributed by atoms with van der Waals surface area (Å²) in [7, 11) is 1.59. The van der Waals surface area contributed by atoms with Crippen LogP contribution in [-0.2, 0) is 9.59 Å². The van der Waals surface area contributed by atoms with Gasteiger partial charge < -0.3 is 10.4 Å². The second-order valence-corrected chi connectivity index (χ2v) is 4.72. The number of carboxylic acids is 2. The first kappa shape index (κ1) is 16.8. The third kappa shape index (κ3) is 16.1. The summed E-state index contributed by atoms with van der Waals surface area (Å²) in [5, 5.41) is 19.6. The number of carbonyl (C=O) groups is 2. The summed E-state index contributed by atoms with van der Waals surface area (Å²) in [6.07, 6.45) is 0.617. The number of likely N-dealkylation sites (N-methyl/N-ethyl adjacent to an activating group) is 1. The predicted molar refractivity (Wildman–Crippen MR) is 58.2 cm³/mol. The van der Waals surface area contributed by atoms with Crippen LogP contribution in [0.2, 0.25) is 11.1 Å². The van der Waals surface area contributed by atoms with E-state index in [1.54, 1.807) is 7.05 Å². The molecular formula is C8H18N2O4Se. The Morgan fingerprint density at radius 1 is 1.47 bits per heavy atom. The van der Waals surface area contributed by atoms with Crippen molar-refractivity contribution < 1.29 is 19.8 Å². The topological polar surface area (TPSA) is 113 Å². The third-order valence-corrected chi connectivity index (χ3v) is 2.63. The van der Waals surface area contributed by atoms with Gasteiger partial charge in [-0.3, -0.25) is 4.79 Å². The molecule has 0 aliphatic heterocycles. The molecule has 15 heavy (non-hydrogen) atoms. The van der Waals surface area contributed by atoms with Crippen molar-refractivity contribution in [3.63, 3.8) is 0 Å². The fourth-order valence-electron chi connectivity index (χ4n) is 0.520. The molecule has 0 spiro atoms. The minimum absolute atomic E-state index is 0.0417. The average molecular weight is 285 g/mol. The zero-order chi connectivity index (χ0) is 12.3. The summed E-state index contributed by atoms with van der Waals surface area (Å²) < 4.78 is 0. The van der Waals surface area contributed by atoms with Gasteiger partial charge in [0.15, 0.2) is 0 Å². The van der Waals surface area contributed by atoms with E-state index in [1.165, 1.54) is 0 Å². The Kier molecular flexibility index (Phi) is 12.8. The summed E-state index contributed by atoms with van der Waals surface area (Å²) in [6, 6.07) is -0.646. The Labute approximate surface area is 95.4 Å². The molecule has 0 bridgehead atoms. The molecule has 0 rings (SSSR count). The van der Waals surface area contributed by atoms with E-state index in [4.69, 9.17) is 15.9 Å². The maximum absolute atomic E-state index is 10.1. The molecule has 1 atom stereocenters. The Bertz CT molecular complexity index is 189. The van der Waals surface area contributed by atoms with Gasteiger partial charge in [0.2, 0.25) is 0 Å². The van der Waals surface area contributed by atoms with E-state index in [0.29, 0.717) is 21.4 Å². The molecule has 0 saturated heterocycles. The standard InChI is InChI=1S/C5H11NO2Se.C3H7NO2/c1-9-3-2-4(6)5(7)8;1-4-2-3(5)6/h4H,2-3,6H2,1H3,(H,7,8);4H,2H2,1H3,(H,5,6). The number of nitrogens with two attached hydrogens (primary N) is 1. The van der Waals surface area contributed by atoms with Crippen LogP contribution in [0.4, 0.5) is 0 Å². The van der Waals surface area contributed by atoms with E-state index in [-0.39, 0.29) is 6.54 Å². The molecule has 0 saturated carbocycles. The molecule has 90 valence electrons. The Balaban J connectivity index is 0. The summed E-state index contributed by atoms with van der Waals surface area (Å²) >= 11 is 0.549. The SMILES string of the molecule is CNCC(=O)O.C[Se]CCC(N)C(=O)O. The van der Waals surface area contributed by atoms with Crippen LogP contribution in [0.5, 0.6) is 0 Å². The minimum atomic E-state index is -0.890. The van der Waals surface area contributed by atoms with Gasteiger partial charge >= 0.3 is 66.1 Å². The molecule has 0 aromatic carbocycles. The number of aliphatic carboxylic acids is 2. The van der Waals surface area contributed by atoms with Crippen molar-refractivity contribution in [2.24, 2.45) is 5.73 Å². The first-order valence-electron chi connectivity index (χ1n) is 4.29. The Hall–Kier alpha value is -0.621. The average Bonchev–Trinajstić information content (AvgIpc) is 2.14. The molecule has 0 aromatic rings. The first-order valence-corrected chi connectivity index (χ1v) is 7.21. The molecule has 0 fully saturated rings. The van der Waals surface area contributed by atoms with E-state index in [2.05, 4.69) is 11.1 Å². The van der Waals surface area contributed by atoms with Gasteiger partial charge in [0.1, 0.15) is 0 Å². The monoisotopic (exact) mass is 286 g/mol. The number of rotatable bonds is 6. The van der Waals surface area contributed by atoms with Gasteiger partial charge in [-0.15, -0.1) is 0 Å². The van der Waals surface area contributed by atoms with Crippen molar-refractivity contribution in [2.75, 3.05) is 13.6 Å². The predicted octanol–water partition coefficient (Wildman–Crippen LogP) is -0.751. The molecule has 0 aliphatic carbocycles. The van der Waals surface area contributed by atoms with Gasteiger partial charge in [0, 0.05) is 0 Å². The molecule has 0 radical (unpaired) electrons. The molecule has 6 nitrogen and oxygen atoms in total. The van der Waals surface area contributed by atoms with E-state index >= 15 is 0 Å². The second kappa shape index (κ2) is 11.5. The van der Waals surface area contributed by atoms with Crippen molar-refractivity contribution in [1.29, 1.82) is 0 Å². The number of carboxylic acid groups (broad SMARTS) is 2. The van der Waals surface area contributed by atoms with Crippen LogP contribution in [0.15, 0.2) is 0 Å². The Morgan fingerprint density at radius 2 is 2.00 bits per heavy atom. The van der Waals surface area contributed by atoms with Crippen molar-refractivity contribution in [3.05, 3.63) is 0 Å². The maximum atomic E-state index is 10.1. The van der Waals surface area contributed by atoms with Crippen LogP contribution in [0, 0.1) is 0 Å². The molecule has 0 heterocycles. The molecule has 0 aliphatic rings. The molecule has 0 aromatic heterocycles. The van der Waals surface area contributed by atoms with Gasteiger partial charge in [-0.2, -0.15) is 0 Å². The Morgan fingerprint density at radius 3 is 2.20 bits per heavy atom. The van der Waals surface area contributed by atoms with E-state index in [0.717, 1.165) is 5.32 Å². The summed E-state index contributed by atoms with van der Waals surface area (Å²) in [5.74, 6) is 0.360. The van der Waals surface area contributed by atoms with Gasteiger partial charge in [-0.1, -0.05) is 0 Å². The third-order valence-electron chi connectivity index (χ3n) is 1.28. The quantitative estimate of drug-likeness (QED) is 0.478. The molecule has 0 amide bonds. The summed E-state index contributed by atoms with van der Waals surface area (Å²) in [4.78, 5) is 19.6. The van der Waals surface area contributed by atoms with Gasteiger partial charge in [0.25, 0.3) is 0 Å². The number of hydrogen-bond acceptors (Lipinski definition) is 4. The fraction of sp³-hybridized carbons (Fsp3) is 0.750. The first-order chi connectivity index (χ1) is 6.95. The van der Waals surface area contributed by atoms with Gasteiger partial charge in [-0.05, 0) is 7.05 Å². The molecule has 5 N–H and O–H groups in total. The van der Waals surface area contributed by atoms with E-state index < -0.39 is 18.0 Å². The van der Waals surface area contributed by atoms with Crippen molar-refractivity contribution in [2.45, 2.75) is 23.6 Å². The zero-order valence-electron chi connectivity index (χ0n) is 8.90. The van der Waals surface area contributed by atoms with Crippen LogP contribution in [0.3, 0.4) is 0 Å².